The number of hydrogen-bond donors (Lipinski definition) is 0. The van der Waals surface area contributed by atoms with Crippen LogP contribution in [0.15, 0.2) is 36.4 Å². The summed E-state index contributed by atoms with van der Waals surface area (Å²) in [5.74, 6) is 0. The Bertz CT molecular complexity index is 643. The molecule has 4 heteroatoms. The van der Waals surface area contributed by atoms with Crippen LogP contribution in [-0.2, 0) is 14.9 Å². The normalized spacial score (nSPS) is 22.1. The van der Waals surface area contributed by atoms with Gasteiger partial charge in [-0.1, -0.05) is 36.4 Å². The smallest absolute Gasteiger partial charge is 0.377 e. The Morgan fingerprint density at radius 1 is 1.00 bits per heavy atom. The maximum Gasteiger partial charge on any atom is 0.377 e. The fraction of sp³-hybridized carbons (Fsp3) is 0.375. The second-order valence-electron chi connectivity index (χ2n) is 5.75. The van der Waals surface area contributed by atoms with Gasteiger partial charge in [-0.15, -0.1) is 0 Å². The Kier molecular flexibility index (Phi) is 2.92. The minimum absolute atomic E-state index is 0.771. The lowest BCUT2D eigenvalue weighted by atomic mass is 10.1. The van der Waals surface area contributed by atoms with Gasteiger partial charge in [-0.3, -0.25) is 0 Å². The number of fused-ring (bicyclic) bond motifs is 1. The van der Waals surface area contributed by atoms with Crippen LogP contribution in [0.2, 0.25) is 0 Å². The van der Waals surface area contributed by atoms with Gasteiger partial charge in [0, 0.05) is 37.5 Å². The van der Waals surface area contributed by atoms with Crippen molar-refractivity contribution >= 4 is 24.5 Å². The van der Waals surface area contributed by atoms with Crippen LogP contribution in [0, 0.1) is 0 Å². The van der Waals surface area contributed by atoms with Crippen LogP contribution in [0.5, 0.6) is 0 Å². The first-order valence-electron chi connectivity index (χ1n) is 7.26. The fourth-order valence-corrected chi connectivity index (χ4v) is 6.84. The zero-order valence-electron chi connectivity index (χ0n) is 11.8. The summed E-state index contributed by atoms with van der Waals surface area (Å²) in [5.41, 5.74) is 1.40. The van der Waals surface area contributed by atoms with Crippen LogP contribution < -0.4 is 5.19 Å². The van der Waals surface area contributed by atoms with E-state index in [0.717, 1.165) is 32.3 Å². The molecule has 1 saturated heterocycles. The Morgan fingerprint density at radius 3 is 2.45 bits per heavy atom. The molecule has 2 aromatic carbocycles. The maximum absolute atomic E-state index is 6.35. The SMILES string of the molecule is CN1CCO[Si]2(Cc3cccc4cccc2c34)OCC1. The summed E-state index contributed by atoms with van der Waals surface area (Å²) in [6.45, 7) is 3.52. The monoisotopic (exact) mass is 285 g/mol. The van der Waals surface area contributed by atoms with Gasteiger partial charge >= 0.3 is 8.56 Å². The molecule has 0 bridgehead atoms. The largest absolute Gasteiger partial charge is 0.389 e. The van der Waals surface area contributed by atoms with Crippen molar-refractivity contribution in [2.45, 2.75) is 6.04 Å². The first kappa shape index (κ1) is 12.5. The number of nitrogens with zero attached hydrogens (tertiary/aromatic N) is 1. The highest BCUT2D eigenvalue weighted by molar-refractivity contribution is 6.84. The number of hydrogen-bond acceptors (Lipinski definition) is 3. The number of benzene rings is 2. The minimum Gasteiger partial charge on any atom is -0.389 e. The van der Waals surface area contributed by atoms with E-state index in [4.69, 9.17) is 8.85 Å². The van der Waals surface area contributed by atoms with E-state index in [2.05, 4.69) is 48.3 Å². The van der Waals surface area contributed by atoms with E-state index in [1.54, 1.807) is 0 Å². The predicted molar refractivity (Wildman–Crippen MR) is 82.4 cm³/mol. The molecule has 0 saturated carbocycles. The number of likely N-dealkylation sites (N-methyl/N-ethyl adjacent to an activating group) is 1. The first-order valence-corrected chi connectivity index (χ1v) is 9.28. The van der Waals surface area contributed by atoms with Crippen LogP contribution in [0.3, 0.4) is 0 Å². The van der Waals surface area contributed by atoms with Crippen LogP contribution in [-0.4, -0.2) is 46.8 Å². The molecule has 0 radical (unpaired) electrons. The molecule has 20 heavy (non-hydrogen) atoms. The van der Waals surface area contributed by atoms with E-state index in [9.17, 15) is 0 Å². The van der Waals surface area contributed by atoms with Crippen LogP contribution in [0.4, 0.5) is 0 Å². The topological polar surface area (TPSA) is 21.7 Å². The Labute approximate surface area is 120 Å². The zero-order valence-corrected chi connectivity index (χ0v) is 12.8. The van der Waals surface area contributed by atoms with Crippen molar-refractivity contribution < 1.29 is 8.85 Å². The molecule has 1 fully saturated rings. The van der Waals surface area contributed by atoms with Gasteiger partial charge in [-0.05, 0) is 23.4 Å². The van der Waals surface area contributed by atoms with Crippen molar-refractivity contribution in [2.75, 3.05) is 33.4 Å². The third-order valence-electron chi connectivity index (χ3n) is 4.44. The molecule has 104 valence electrons. The van der Waals surface area contributed by atoms with Crippen molar-refractivity contribution in [1.82, 2.24) is 4.90 Å². The molecule has 0 atom stereocenters. The third-order valence-corrected chi connectivity index (χ3v) is 7.87. The van der Waals surface area contributed by atoms with Crippen LogP contribution >= 0.6 is 0 Å². The van der Waals surface area contributed by atoms with Gasteiger partial charge in [-0.25, -0.2) is 0 Å². The van der Waals surface area contributed by atoms with Gasteiger partial charge < -0.3 is 13.8 Å². The lowest BCUT2D eigenvalue weighted by Crippen LogP contribution is -2.56. The van der Waals surface area contributed by atoms with E-state index in [1.807, 2.05) is 0 Å². The van der Waals surface area contributed by atoms with E-state index in [0.29, 0.717) is 0 Å². The summed E-state index contributed by atoms with van der Waals surface area (Å²) < 4.78 is 12.7. The molecule has 2 aliphatic heterocycles. The second-order valence-corrected chi connectivity index (χ2v) is 8.73. The molecule has 2 heterocycles. The van der Waals surface area contributed by atoms with Gasteiger partial charge in [0.25, 0.3) is 0 Å². The van der Waals surface area contributed by atoms with Crippen molar-refractivity contribution in [2.24, 2.45) is 0 Å². The van der Waals surface area contributed by atoms with Gasteiger partial charge in [0.1, 0.15) is 0 Å². The molecule has 4 rings (SSSR count). The molecule has 2 aliphatic rings. The highest BCUT2D eigenvalue weighted by Gasteiger charge is 2.47. The highest BCUT2D eigenvalue weighted by Crippen LogP contribution is 2.31. The quantitative estimate of drug-likeness (QED) is 0.686. The van der Waals surface area contributed by atoms with E-state index >= 15 is 0 Å². The summed E-state index contributed by atoms with van der Waals surface area (Å²) >= 11 is 0. The molecule has 0 N–H and O–H groups in total. The van der Waals surface area contributed by atoms with Crippen LogP contribution in [0.1, 0.15) is 5.56 Å². The summed E-state index contributed by atoms with van der Waals surface area (Å²) in [4.78, 5) is 2.27. The molecule has 0 unspecified atom stereocenters. The minimum atomic E-state index is -2.26. The molecule has 0 aliphatic carbocycles. The molecule has 0 amide bonds. The summed E-state index contributed by atoms with van der Waals surface area (Å²) in [5, 5.41) is 4.04. The van der Waals surface area contributed by atoms with E-state index in [1.165, 1.54) is 21.5 Å². The highest BCUT2D eigenvalue weighted by atomic mass is 28.4. The molecule has 3 nitrogen and oxygen atoms in total. The van der Waals surface area contributed by atoms with Crippen molar-refractivity contribution in [3.8, 4) is 0 Å². The average Bonchev–Trinajstić information content (AvgIpc) is 2.75. The van der Waals surface area contributed by atoms with Gasteiger partial charge in [0.05, 0.1) is 0 Å². The molecular formula is C16H19NO2Si. The van der Waals surface area contributed by atoms with Gasteiger partial charge in [0.15, 0.2) is 0 Å². The van der Waals surface area contributed by atoms with E-state index < -0.39 is 8.56 Å². The maximum atomic E-state index is 6.35. The van der Waals surface area contributed by atoms with Crippen LogP contribution in [0.25, 0.3) is 10.8 Å². The molecular weight excluding hydrogens is 266 g/mol. The summed E-state index contributed by atoms with van der Waals surface area (Å²) in [6, 6.07) is 14.1. The standard InChI is InChI=1S/C16H19NO2Si/c1-17-8-10-18-20(19-11-9-17)12-14-6-2-4-13-5-3-7-15(20)16(13)14/h2-7H,8-12H2,1H3. The Hall–Kier alpha value is -1.20. The predicted octanol–water partition coefficient (Wildman–Crippen LogP) is 1.56. The van der Waals surface area contributed by atoms with Gasteiger partial charge in [0.2, 0.25) is 0 Å². The zero-order chi connectivity index (χ0) is 13.6. The Balaban J connectivity index is 1.80. The molecule has 2 aromatic rings. The van der Waals surface area contributed by atoms with E-state index in [-0.39, 0.29) is 0 Å². The van der Waals surface area contributed by atoms with Crippen molar-refractivity contribution in [3.05, 3.63) is 42.0 Å². The summed E-state index contributed by atoms with van der Waals surface area (Å²) in [7, 11) is -0.141. The number of rotatable bonds is 0. The molecule has 1 spiro atoms. The molecule has 0 aromatic heterocycles. The third kappa shape index (κ3) is 1.83. The summed E-state index contributed by atoms with van der Waals surface area (Å²) in [6.07, 6.45) is 0. The first-order chi connectivity index (χ1) is 9.78. The lowest BCUT2D eigenvalue weighted by molar-refractivity contribution is 0.114. The van der Waals surface area contributed by atoms with Crippen molar-refractivity contribution in [1.29, 1.82) is 0 Å². The Morgan fingerprint density at radius 2 is 1.70 bits per heavy atom. The fourth-order valence-electron chi connectivity index (χ4n) is 3.37. The average molecular weight is 285 g/mol. The van der Waals surface area contributed by atoms with Gasteiger partial charge in [-0.2, -0.15) is 0 Å². The van der Waals surface area contributed by atoms with Crippen molar-refractivity contribution in [3.63, 3.8) is 0 Å². The second kappa shape index (κ2) is 4.67. The lowest BCUT2D eigenvalue weighted by Gasteiger charge is -2.32.